The molecule has 0 unspecified atom stereocenters. The van der Waals surface area contributed by atoms with Crippen LogP contribution in [-0.4, -0.2) is 33.3 Å². The Bertz CT molecular complexity index is 1410. The summed E-state index contributed by atoms with van der Waals surface area (Å²) in [6.45, 7) is 1.61. The van der Waals surface area contributed by atoms with E-state index in [1.54, 1.807) is 36.7 Å². The van der Waals surface area contributed by atoms with Gasteiger partial charge in [-0.05, 0) is 79.7 Å². The molecule has 0 atom stereocenters. The van der Waals surface area contributed by atoms with Crippen molar-refractivity contribution in [2.45, 2.75) is 13.0 Å². The van der Waals surface area contributed by atoms with E-state index in [4.69, 9.17) is 10.1 Å². The molecule has 3 aromatic heterocycles. The summed E-state index contributed by atoms with van der Waals surface area (Å²) in [5, 5.41) is 8.76. The van der Waals surface area contributed by atoms with E-state index in [9.17, 15) is 8.78 Å². The van der Waals surface area contributed by atoms with Crippen molar-refractivity contribution in [3.8, 4) is 33.5 Å². The Morgan fingerprint density at radius 3 is 2.06 bits per heavy atom. The van der Waals surface area contributed by atoms with Gasteiger partial charge in [0.2, 0.25) is 0 Å². The van der Waals surface area contributed by atoms with Gasteiger partial charge in [-0.2, -0.15) is 5.10 Å². The molecular weight excluding hydrogens is 432 g/mol. The number of aromatic nitrogens is 4. The lowest BCUT2D eigenvalue weighted by Crippen LogP contribution is -2.11. The maximum absolute atomic E-state index is 13.8. The van der Waals surface area contributed by atoms with E-state index in [0.29, 0.717) is 11.3 Å². The molecule has 3 heterocycles. The Kier molecular flexibility index (Phi) is 6.10. The van der Waals surface area contributed by atoms with Crippen LogP contribution in [0.25, 0.3) is 44.5 Å². The number of pyridine rings is 2. The second-order valence-corrected chi connectivity index (χ2v) is 8.05. The second-order valence-electron chi connectivity index (χ2n) is 8.05. The highest BCUT2D eigenvalue weighted by molar-refractivity contribution is 6.05. The molecule has 0 aliphatic rings. The molecule has 1 N–H and O–H groups in total. The molecule has 0 spiro atoms. The number of hydrogen-bond acceptors (Lipinski definition) is 4. The van der Waals surface area contributed by atoms with Crippen molar-refractivity contribution >= 4 is 11.0 Å². The molecule has 7 heteroatoms. The number of hydrogen-bond donors (Lipinski definition) is 1. The van der Waals surface area contributed by atoms with Crippen molar-refractivity contribution < 1.29 is 8.78 Å². The van der Waals surface area contributed by atoms with Gasteiger partial charge in [0.15, 0.2) is 5.65 Å². The number of nitrogens with zero attached hydrogens (tertiary/aromatic N) is 4. The Balaban J connectivity index is 1.83. The zero-order valence-electron chi connectivity index (χ0n) is 18.7. The third-order valence-corrected chi connectivity index (χ3v) is 5.75. The molecular formula is C27H23F2N5. The number of halogens is 2. The summed E-state index contributed by atoms with van der Waals surface area (Å²) >= 11 is 0. The van der Waals surface area contributed by atoms with E-state index in [1.165, 1.54) is 24.3 Å². The highest BCUT2D eigenvalue weighted by Crippen LogP contribution is 2.42. The molecule has 5 aromatic rings. The van der Waals surface area contributed by atoms with Crippen molar-refractivity contribution in [1.82, 2.24) is 25.1 Å². The van der Waals surface area contributed by atoms with E-state index < -0.39 is 0 Å². The van der Waals surface area contributed by atoms with Gasteiger partial charge < -0.3 is 5.32 Å². The van der Waals surface area contributed by atoms with Crippen LogP contribution < -0.4 is 5.32 Å². The lowest BCUT2D eigenvalue weighted by molar-refractivity contribution is 0.566. The number of benzene rings is 2. The average Bonchev–Trinajstić information content (AvgIpc) is 3.27. The monoisotopic (exact) mass is 455 g/mol. The maximum atomic E-state index is 13.8. The van der Waals surface area contributed by atoms with E-state index in [1.807, 2.05) is 30.1 Å². The highest BCUT2D eigenvalue weighted by Gasteiger charge is 2.21. The van der Waals surface area contributed by atoms with Gasteiger partial charge in [-0.15, -0.1) is 0 Å². The van der Waals surface area contributed by atoms with Gasteiger partial charge in [0, 0.05) is 47.2 Å². The van der Waals surface area contributed by atoms with E-state index in [-0.39, 0.29) is 11.6 Å². The Labute approximate surface area is 196 Å². The SMILES string of the molecule is CNCCCn1cc2c(-c3ccc(F)cc3)c(-c3ccncc3)c(-c3ccc(F)cc3)nc2n1. The zero-order chi connectivity index (χ0) is 23.5. The first-order valence-electron chi connectivity index (χ1n) is 11.1. The minimum atomic E-state index is -0.317. The van der Waals surface area contributed by atoms with Crippen molar-refractivity contribution in [3.63, 3.8) is 0 Å². The number of rotatable bonds is 7. The van der Waals surface area contributed by atoms with E-state index in [0.717, 1.165) is 52.7 Å². The highest BCUT2D eigenvalue weighted by atomic mass is 19.1. The zero-order valence-corrected chi connectivity index (χ0v) is 18.7. The largest absolute Gasteiger partial charge is 0.320 e. The third kappa shape index (κ3) is 4.30. The van der Waals surface area contributed by atoms with Crippen LogP contribution in [-0.2, 0) is 6.54 Å². The minimum Gasteiger partial charge on any atom is -0.320 e. The lowest BCUT2D eigenvalue weighted by atomic mass is 9.90. The van der Waals surface area contributed by atoms with Crippen LogP contribution in [0.1, 0.15) is 6.42 Å². The number of fused-ring (bicyclic) bond motifs is 1. The van der Waals surface area contributed by atoms with Crippen molar-refractivity contribution in [1.29, 1.82) is 0 Å². The Morgan fingerprint density at radius 2 is 1.41 bits per heavy atom. The Hall–Kier alpha value is -3.97. The van der Waals surface area contributed by atoms with Crippen LogP contribution in [0.3, 0.4) is 0 Å². The molecule has 0 bridgehead atoms. The summed E-state index contributed by atoms with van der Waals surface area (Å²) in [6, 6.07) is 16.5. The maximum Gasteiger partial charge on any atom is 0.182 e. The third-order valence-electron chi connectivity index (χ3n) is 5.75. The van der Waals surface area contributed by atoms with Gasteiger partial charge in [0.1, 0.15) is 11.6 Å². The first kappa shape index (κ1) is 21.9. The summed E-state index contributed by atoms with van der Waals surface area (Å²) < 4.78 is 29.4. The van der Waals surface area contributed by atoms with Gasteiger partial charge in [-0.1, -0.05) is 12.1 Å². The van der Waals surface area contributed by atoms with Crippen LogP contribution in [0, 0.1) is 11.6 Å². The molecule has 0 amide bonds. The molecule has 0 saturated heterocycles. The average molecular weight is 456 g/mol. The summed E-state index contributed by atoms with van der Waals surface area (Å²) in [5.74, 6) is -0.621. The van der Waals surface area contributed by atoms with Crippen LogP contribution in [0.4, 0.5) is 8.78 Å². The fourth-order valence-corrected chi connectivity index (χ4v) is 4.15. The lowest BCUT2D eigenvalue weighted by Gasteiger charge is -2.16. The van der Waals surface area contributed by atoms with Gasteiger partial charge in [-0.3, -0.25) is 9.67 Å². The van der Waals surface area contributed by atoms with E-state index in [2.05, 4.69) is 10.3 Å². The number of nitrogens with one attached hydrogen (secondary N) is 1. The summed E-state index contributed by atoms with van der Waals surface area (Å²) in [5.41, 5.74) is 5.55. The Morgan fingerprint density at radius 1 is 0.794 bits per heavy atom. The fourth-order valence-electron chi connectivity index (χ4n) is 4.15. The first-order chi connectivity index (χ1) is 16.6. The molecule has 5 rings (SSSR count). The van der Waals surface area contributed by atoms with Crippen molar-refractivity contribution in [2.75, 3.05) is 13.6 Å². The normalized spacial score (nSPS) is 11.3. The van der Waals surface area contributed by atoms with Crippen molar-refractivity contribution in [2.24, 2.45) is 0 Å². The molecule has 34 heavy (non-hydrogen) atoms. The smallest absolute Gasteiger partial charge is 0.182 e. The molecule has 0 saturated carbocycles. The quantitative estimate of drug-likeness (QED) is 0.319. The summed E-state index contributed by atoms with van der Waals surface area (Å²) in [7, 11) is 1.92. The van der Waals surface area contributed by atoms with Crippen LogP contribution >= 0.6 is 0 Å². The van der Waals surface area contributed by atoms with Gasteiger partial charge >= 0.3 is 0 Å². The minimum absolute atomic E-state index is 0.305. The second kappa shape index (κ2) is 9.49. The van der Waals surface area contributed by atoms with Crippen LogP contribution in [0.5, 0.6) is 0 Å². The summed E-state index contributed by atoms with van der Waals surface area (Å²) in [6.07, 6.45) is 6.36. The van der Waals surface area contributed by atoms with Crippen molar-refractivity contribution in [3.05, 3.63) is 90.9 Å². The molecule has 0 aliphatic carbocycles. The molecule has 0 aliphatic heterocycles. The number of aryl methyl sites for hydroxylation is 1. The van der Waals surface area contributed by atoms with Crippen LogP contribution in [0.15, 0.2) is 79.3 Å². The molecule has 0 fully saturated rings. The molecule has 0 radical (unpaired) electrons. The standard InChI is InChI=1S/C27H23F2N5/c1-30-13-2-16-34-17-23-24(18-3-7-21(28)8-4-18)25(19-11-14-31-15-12-19)26(32-27(23)33-34)20-5-9-22(29)10-6-20/h3-12,14-15,17,30H,2,13,16H2,1H3. The molecule has 2 aromatic carbocycles. The predicted octanol–water partition coefficient (Wildman–Crippen LogP) is 5.72. The fraction of sp³-hybridized carbons (Fsp3) is 0.148. The summed E-state index contributed by atoms with van der Waals surface area (Å²) in [4.78, 5) is 9.10. The van der Waals surface area contributed by atoms with Gasteiger partial charge in [-0.25, -0.2) is 13.8 Å². The molecule has 5 nitrogen and oxygen atoms in total. The topological polar surface area (TPSA) is 55.6 Å². The van der Waals surface area contributed by atoms with Crippen LogP contribution in [0.2, 0.25) is 0 Å². The predicted molar refractivity (Wildman–Crippen MR) is 130 cm³/mol. The van der Waals surface area contributed by atoms with E-state index >= 15 is 0 Å². The molecule has 170 valence electrons. The first-order valence-corrected chi connectivity index (χ1v) is 11.1. The van der Waals surface area contributed by atoms with Gasteiger partial charge in [0.25, 0.3) is 0 Å². The van der Waals surface area contributed by atoms with Gasteiger partial charge in [0.05, 0.1) is 5.69 Å².